The maximum Gasteiger partial charge on any atom is 0.0794 e. The number of nitrogens with one attached hydrogen (secondary N) is 1. The topological polar surface area (TPSA) is 37.8 Å². The Hall–Kier alpha value is -0.780. The van der Waals surface area contributed by atoms with E-state index in [0.29, 0.717) is 6.04 Å². The Morgan fingerprint density at radius 3 is 3.07 bits per heavy atom. The molecule has 0 aromatic carbocycles. The third-order valence-corrected chi connectivity index (χ3v) is 3.79. The van der Waals surface area contributed by atoms with Gasteiger partial charge < -0.3 is 5.32 Å². The molecule has 0 saturated heterocycles. The maximum absolute atomic E-state index is 4.24. The molecule has 2 heterocycles. The van der Waals surface area contributed by atoms with E-state index in [4.69, 9.17) is 0 Å². The van der Waals surface area contributed by atoms with E-state index in [1.165, 1.54) is 10.6 Å². The second-order valence-corrected chi connectivity index (χ2v) is 4.95. The van der Waals surface area contributed by atoms with Gasteiger partial charge in [-0.15, -0.1) is 22.7 Å². The van der Waals surface area contributed by atoms with Crippen molar-refractivity contribution in [1.29, 1.82) is 0 Å². The van der Waals surface area contributed by atoms with Gasteiger partial charge in [-0.2, -0.15) is 0 Å². The minimum atomic E-state index is 0.385. The van der Waals surface area contributed by atoms with Gasteiger partial charge in [0.05, 0.1) is 16.7 Å². The minimum absolute atomic E-state index is 0.385. The molecule has 0 fully saturated rings. The summed E-state index contributed by atoms with van der Waals surface area (Å²) in [6, 6.07) is 0.385. The molecule has 0 aliphatic heterocycles. The van der Waals surface area contributed by atoms with E-state index in [0.717, 1.165) is 13.0 Å². The van der Waals surface area contributed by atoms with Crippen LogP contribution in [-0.4, -0.2) is 16.5 Å². The molecule has 0 aliphatic carbocycles. The lowest BCUT2D eigenvalue weighted by molar-refractivity contribution is 0.581. The van der Waals surface area contributed by atoms with Crippen LogP contribution in [-0.2, 0) is 6.42 Å². The van der Waals surface area contributed by atoms with E-state index >= 15 is 0 Å². The predicted molar refractivity (Wildman–Crippen MR) is 64.3 cm³/mol. The van der Waals surface area contributed by atoms with Gasteiger partial charge in [-0.05, 0) is 6.92 Å². The van der Waals surface area contributed by atoms with E-state index < -0.39 is 0 Å². The van der Waals surface area contributed by atoms with Crippen LogP contribution in [0.2, 0.25) is 0 Å². The number of thiazole rings is 2. The van der Waals surface area contributed by atoms with Crippen LogP contribution in [0.3, 0.4) is 0 Å². The molecule has 1 unspecified atom stereocenters. The van der Waals surface area contributed by atoms with E-state index in [1.807, 2.05) is 17.2 Å². The van der Waals surface area contributed by atoms with Crippen LogP contribution in [0.5, 0.6) is 0 Å². The second kappa shape index (κ2) is 5.34. The van der Waals surface area contributed by atoms with Gasteiger partial charge in [0.1, 0.15) is 0 Å². The number of nitrogens with zero attached hydrogens (tertiary/aromatic N) is 2. The average Bonchev–Trinajstić information content (AvgIpc) is 2.90. The summed E-state index contributed by atoms with van der Waals surface area (Å²) < 4.78 is 0. The van der Waals surface area contributed by atoms with E-state index in [2.05, 4.69) is 27.6 Å². The number of hydrogen-bond donors (Lipinski definition) is 1. The first-order chi connectivity index (χ1) is 7.36. The van der Waals surface area contributed by atoms with Crippen LogP contribution in [0.4, 0.5) is 0 Å². The molecule has 15 heavy (non-hydrogen) atoms. The highest BCUT2D eigenvalue weighted by Gasteiger charge is 2.05. The molecular formula is C10H13N3S2. The summed E-state index contributed by atoms with van der Waals surface area (Å²) in [5.41, 5.74) is 4.92. The maximum atomic E-state index is 4.24. The Morgan fingerprint density at radius 1 is 1.47 bits per heavy atom. The zero-order valence-corrected chi connectivity index (χ0v) is 10.1. The Morgan fingerprint density at radius 2 is 2.40 bits per heavy atom. The first-order valence-corrected chi connectivity index (χ1v) is 6.67. The molecule has 0 saturated carbocycles. The molecule has 2 aromatic rings. The molecule has 0 spiro atoms. The smallest absolute Gasteiger partial charge is 0.0794 e. The molecular weight excluding hydrogens is 226 g/mol. The van der Waals surface area contributed by atoms with Crippen LogP contribution in [0.1, 0.15) is 23.5 Å². The van der Waals surface area contributed by atoms with Gasteiger partial charge in [0.2, 0.25) is 0 Å². The van der Waals surface area contributed by atoms with Crippen LogP contribution >= 0.6 is 22.7 Å². The van der Waals surface area contributed by atoms with Crippen molar-refractivity contribution in [2.75, 3.05) is 6.54 Å². The quantitative estimate of drug-likeness (QED) is 0.871. The third-order valence-electron chi connectivity index (χ3n) is 2.19. The molecule has 80 valence electrons. The van der Waals surface area contributed by atoms with Crippen molar-refractivity contribution in [1.82, 2.24) is 15.3 Å². The van der Waals surface area contributed by atoms with E-state index in [1.54, 1.807) is 22.7 Å². The van der Waals surface area contributed by atoms with Crippen LogP contribution in [0.25, 0.3) is 0 Å². The zero-order chi connectivity index (χ0) is 10.5. The average molecular weight is 239 g/mol. The van der Waals surface area contributed by atoms with Crippen LogP contribution in [0.15, 0.2) is 22.6 Å². The fourth-order valence-electron chi connectivity index (χ4n) is 1.32. The summed E-state index contributed by atoms with van der Waals surface area (Å²) in [5.74, 6) is 0. The van der Waals surface area contributed by atoms with Crippen LogP contribution in [0, 0.1) is 0 Å². The number of aromatic nitrogens is 2. The van der Waals surface area contributed by atoms with Gasteiger partial charge in [0.25, 0.3) is 0 Å². The van der Waals surface area contributed by atoms with Crippen molar-refractivity contribution < 1.29 is 0 Å². The highest BCUT2D eigenvalue weighted by Crippen LogP contribution is 2.15. The molecule has 5 heteroatoms. The summed E-state index contributed by atoms with van der Waals surface area (Å²) in [5, 5.41) is 5.55. The van der Waals surface area contributed by atoms with Crippen LogP contribution < -0.4 is 5.32 Å². The largest absolute Gasteiger partial charge is 0.309 e. The van der Waals surface area contributed by atoms with Crippen molar-refractivity contribution in [2.24, 2.45) is 0 Å². The normalized spacial score (nSPS) is 12.9. The van der Waals surface area contributed by atoms with E-state index in [9.17, 15) is 0 Å². The second-order valence-electron chi connectivity index (χ2n) is 3.31. The molecule has 2 aromatic heterocycles. The van der Waals surface area contributed by atoms with Gasteiger partial charge in [0.15, 0.2) is 0 Å². The van der Waals surface area contributed by atoms with Gasteiger partial charge in [0, 0.05) is 35.5 Å². The molecule has 3 nitrogen and oxygen atoms in total. The van der Waals surface area contributed by atoms with Crippen molar-refractivity contribution in [2.45, 2.75) is 19.4 Å². The number of rotatable bonds is 5. The highest BCUT2D eigenvalue weighted by atomic mass is 32.1. The molecule has 2 rings (SSSR count). The predicted octanol–water partition coefficient (Wildman–Crippen LogP) is 2.49. The lowest BCUT2D eigenvalue weighted by atomic mass is 10.2. The fourth-order valence-corrected chi connectivity index (χ4v) is 2.56. The summed E-state index contributed by atoms with van der Waals surface area (Å²) in [6.07, 6.45) is 2.91. The van der Waals surface area contributed by atoms with Gasteiger partial charge >= 0.3 is 0 Å². The van der Waals surface area contributed by atoms with Gasteiger partial charge in [-0.3, -0.25) is 4.98 Å². The van der Waals surface area contributed by atoms with Gasteiger partial charge in [-0.1, -0.05) is 0 Å². The Balaban J connectivity index is 1.74. The highest BCUT2D eigenvalue weighted by molar-refractivity contribution is 7.09. The first kappa shape index (κ1) is 10.7. The summed E-state index contributed by atoms with van der Waals surface area (Å²) in [4.78, 5) is 9.60. The summed E-state index contributed by atoms with van der Waals surface area (Å²) in [7, 11) is 0. The fraction of sp³-hybridized carbons (Fsp3) is 0.400. The van der Waals surface area contributed by atoms with E-state index in [-0.39, 0.29) is 0 Å². The standard InChI is InChI=1S/C10H13N3S2/c1-8(10-4-11-6-15-10)12-3-2-9-5-14-7-13-9/h4-8,12H,2-3H2,1H3. The molecule has 1 atom stereocenters. The lowest BCUT2D eigenvalue weighted by Crippen LogP contribution is -2.20. The Bertz CT molecular complexity index is 369. The van der Waals surface area contributed by atoms with Crippen molar-refractivity contribution >= 4 is 22.7 Å². The van der Waals surface area contributed by atoms with Gasteiger partial charge in [-0.25, -0.2) is 4.98 Å². The zero-order valence-electron chi connectivity index (χ0n) is 8.51. The minimum Gasteiger partial charge on any atom is -0.309 e. The number of hydrogen-bond acceptors (Lipinski definition) is 5. The van der Waals surface area contributed by atoms with Crippen molar-refractivity contribution in [3.63, 3.8) is 0 Å². The summed E-state index contributed by atoms with van der Waals surface area (Å²) in [6.45, 7) is 3.12. The van der Waals surface area contributed by atoms with Crippen molar-refractivity contribution in [3.8, 4) is 0 Å². The SMILES string of the molecule is CC(NCCc1cscn1)c1cncs1. The Labute approximate surface area is 97.2 Å². The molecule has 0 aliphatic rings. The van der Waals surface area contributed by atoms with Crippen molar-refractivity contribution in [3.05, 3.63) is 33.2 Å². The first-order valence-electron chi connectivity index (χ1n) is 4.85. The molecule has 0 radical (unpaired) electrons. The monoisotopic (exact) mass is 239 g/mol. The molecule has 0 bridgehead atoms. The summed E-state index contributed by atoms with van der Waals surface area (Å²) >= 11 is 3.34. The molecule has 0 amide bonds. The molecule has 1 N–H and O–H groups in total. The third kappa shape index (κ3) is 3.09. The lowest BCUT2D eigenvalue weighted by Gasteiger charge is -2.10. The Kier molecular flexibility index (Phi) is 3.82.